The van der Waals surface area contributed by atoms with Crippen molar-refractivity contribution in [3.8, 4) is 0 Å². The van der Waals surface area contributed by atoms with E-state index in [1.165, 1.54) is 10.8 Å². The molecule has 0 unspecified atom stereocenters. The van der Waals surface area contributed by atoms with Gasteiger partial charge in [-0.3, -0.25) is 4.57 Å². The van der Waals surface area contributed by atoms with Crippen molar-refractivity contribution in [1.29, 1.82) is 0 Å². The third kappa shape index (κ3) is 2.81. The number of aromatic nitrogens is 5. The first kappa shape index (κ1) is 13.3. The van der Waals surface area contributed by atoms with Crippen LogP contribution in [0.5, 0.6) is 0 Å². The molecule has 0 fully saturated rings. The first-order chi connectivity index (χ1) is 8.99. The molecule has 0 aliphatic rings. The maximum absolute atomic E-state index is 11.5. The zero-order valence-corrected chi connectivity index (χ0v) is 11.0. The van der Waals surface area contributed by atoms with E-state index in [0.29, 0.717) is 10.2 Å². The van der Waals surface area contributed by atoms with Gasteiger partial charge in [-0.15, -0.1) is 5.10 Å². The Balaban J connectivity index is 2.26. The van der Waals surface area contributed by atoms with Crippen LogP contribution >= 0.6 is 11.8 Å². The number of H-pyrrole nitrogens is 1. The zero-order chi connectivity index (χ0) is 14.0. The molecule has 9 heteroatoms. The van der Waals surface area contributed by atoms with E-state index >= 15 is 0 Å². The maximum atomic E-state index is 11.5. The number of hydrogen-bond donors (Lipinski definition) is 2. The second kappa shape index (κ2) is 5.22. The van der Waals surface area contributed by atoms with E-state index in [9.17, 15) is 9.59 Å². The Morgan fingerprint density at radius 1 is 1.42 bits per heavy atom. The topological polar surface area (TPSA) is 114 Å². The smallest absolute Gasteiger partial charge is 0.356 e. The van der Waals surface area contributed by atoms with E-state index in [1.54, 1.807) is 0 Å². The van der Waals surface area contributed by atoms with E-state index in [4.69, 9.17) is 5.11 Å². The molecule has 2 aromatic heterocycles. The van der Waals surface area contributed by atoms with Crippen molar-refractivity contribution in [3.63, 3.8) is 0 Å². The van der Waals surface area contributed by atoms with Gasteiger partial charge in [0.1, 0.15) is 5.03 Å². The highest BCUT2D eigenvalue weighted by Crippen LogP contribution is 2.23. The average molecular weight is 281 g/mol. The lowest BCUT2D eigenvalue weighted by atomic mass is 10.4. The predicted molar refractivity (Wildman–Crippen MR) is 66.3 cm³/mol. The van der Waals surface area contributed by atoms with E-state index in [-0.39, 0.29) is 17.4 Å². The van der Waals surface area contributed by atoms with Crippen molar-refractivity contribution < 1.29 is 9.90 Å². The number of carbonyl (C=O) groups is 1. The predicted octanol–water partition coefficient (Wildman–Crippen LogP) is 0.792. The molecular weight excluding hydrogens is 270 g/mol. The minimum Gasteiger partial charge on any atom is -0.476 e. The van der Waals surface area contributed by atoms with Crippen molar-refractivity contribution in [2.75, 3.05) is 0 Å². The molecule has 2 heterocycles. The van der Waals surface area contributed by atoms with Crippen molar-refractivity contribution in [2.45, 2.75) is 30.1 Å². The van der Waals surface area contributed by atoms with Crippen molar-refractivity contribution >= 4 is 17.7 Å². The van der Waals surface area contributed by atoms with Crippen LogP contribution in [0.1, 0.15) is 30.4 Å². The van der Waals surface area contributed by atoms with Crippen LogP contribution in [0.25, 0.3) is 0 Å². The molecule has 0 aromatic carbocycles. The summed E-state index contributed by atoms with van der Waals surface area (Å²) in [6.45, 7) is 3.72. The van der Waals surface area contributed by atoms with E-state index in [0.717, 1.165) is 18.0 Å². The zero-order valence-electron chi connectivity index (χ0n) is 10.2. The number of carboxylic acids is 1. The molecule has 0 atom stereocenters. The second-order valence-electron chi connectivity index (χ2n) is 3.92. The van der Waals surface area contributed by atoms with Crippen molar-refractivity contribution in [1.82, 2.24) is 24.7 Å². The van der Waals surface area contributed by atoms with Gasteiger partial charge < -0.3 is 5.11 Å². The van der Waals surface area contributed by atoms with E-state index in [2.05, 4.69) is 20.2 Å². The summed E-state index contributed by atoms with van der Waals surface area (Å²) in [5.74, 6) is -1.14. The first-order valence-electron chi connectivity index (χ1n) is 5.39. The van der Waals surface area contributed by atoms with Crippen molar-refractivity contribution in [2.24, 2.45) is 0 Å². The van der Waals surface area contributed by atoms with Crippen LogP contribution in [-0.4, -0.2) is 35.8 Å². The number of hydrogen-bond acceptors (Lipinski definition) is 6. The largest absolute Gasteiger partial charge is 0.476 e. The number of carboxylic acid groups (broad SMARTS) is 1. The highest BCUT2D eigenvalue weighted by atomic mass is 32.2. The molecule has 2 N–H and O–H groups in total. The van der Waals surface area contributed by atoms with Gasteiger partial charge in [0, 0.05) is 6.04 Å². The molecule has 2 aromatic rings. The normalized spacial score (nSPS) is 10.9. The molecule has 100 valence electrons. The number of nitrogens with one attached hydrogen (secondary N) is 1. The molecular formula is C10H11N5O3S. The van der Waals surface area contributed by atoms with Crippen LogP contribution in [0.3, 0.4) is 0 Å². The van der Waals surface area contributed by atoms with Gasteiger partial charge in [-0.2, -0.15) is 0 Å². The van der Waals surface area contributed by atoms with Crippen LogP contribution < -0.4 is 5.69 Å². The van der Waals surface area contributed by atoms with E-state index < -0.39 is 5.97 Å². The third-order valence-electron chi connectivity index (χ3n) is 2.23. The summed E-state index contributed by atoms with van der Waals surface area (Å²) in [6, 6.07) is -0.0417. The number of nitrogens with zero attached hydrogens (tertiary/aromatic N) is 4. The van der Waals surface area contributed by atoms with Gasteiger partial charge >= 0.3 is 11.7 Å². The standard InChI is InChI=1S/C10H11N5O3S/c1-5(2)15-9(18)13-14-10(15)19-7-4-11-6(3-12-7)8(16)17/h3-5H,1-2H3,(H,13,18)(H,16,17). The maximum Gasteiger partial charge on any atom is 0.356 e. The summed E-state index contributed by atoms with van der Waals surface area (Å²) in [6.07, 6.45) is 2.49. The van der Waals surface area contributed by atoms with E-state index in [1.807, 2.05) is 13.8 Å². The van der Waals surface area contributed by atoms with Gasteiger partial charge in [0.05, 0.1) is 12.4 Å². The Morgan fingerprint density at radius 3 is 2.68 bits per heavy atom. The van der Waals surface area contributed by atoms with Crippen LogP contribution in [0.2, 0.25) is 0 Å². The quantitative estimate of drug-likeness (QED) is 0.851. The van der Waals surface area contributed by atoms with Gasteiger partial charge in [-0.1, -0.05) is 0 Å². The highest BCUT2D eigenvalue weighted by molar-refractivity contribution is 7.99. The third-order valence-corrected chi connectivity index (χ3v) is 3.12. The van der Waals surface area contributed by atoms with Crippen LogP contribution in [-0.2, 0) is 0 Å². The van der Waals surface area contributed by atoms with Crippen LogP contribution in [0.4, 0.5) is 0 Å². The fraction of sp³-hybridized carbons (Fsp3) is 0.300. The number of aromatic carboxylic acids is 1. The molecule has 0 aliphatic carbocycles. The van der Waals surface area contributed by atoms with Gasteiger partial charge in [0.2, 0.25) is 0 Å². The Bertz CT molecular complexity index is 646. The molecule has 0 spiro atoms. The Hall–Kier alpha value is -2.16. The molecule has 0 amide bonds. The molecule has 0 bridgehead atoms. The summed E-state index contributed by atoms with van der Waals surface area (Å²) in [5, 5.41) is 15.9. The molecule has 8 nitrogen and oxygen atoms in total. The minimum absolute atomic E-state index is 0.0417. The summed E-state index contributed by atoms with van der Waals surface area (Å²) < 4.78 is 1.48. The average Bonchev–Trinajstić information content (AvgIpc) is 2.71. The Kier molecular flexibility index (Phi) is 3.65. The number of rotatable bonds is 4. The lowest BCUT2D eigenvalue weighted by molar-refractivity contribution is 0.0689. The summed E-state index contributed by atoms with van der Waals surface area (Å²) in [7, 11) is 0. The van der Waals surface area contributed by atoms with Gasteiger partial charge in [0.15, 0.2) is 10.9 Å². The monoisotopic (exact) mass is 281 g/mol. The first-order valence-corrected chi connectivity index (χ1v) is 6.20. The molecule has 0 aliphatic heterocycles. The second-order valence-corrected chi connectivity index (χ2v) is 4.91. The summed E-state index contributed by atoms with van der Waals surface area (Å²) in [5.41, 5.74) is -0.430. The fourth-order valence-electron chi connectivity index (χ4n) is 1.39. The summed E-state index contributed by atoms with van der Waals surface area (Å²) in [4.78, 5) is 29.9. The molecule has 0 saturated heterocycles. The highest BCUT2D eigenvalue weighted by Gasteiger charge is 2.14. The molecule has 2 rings (SSSR count). The van der Waals surface area contributed by atoms with Gasteiger partial charge in [-0.05, 0) is 25.6 Å². The Morgan fingerprint density at radius 2 is 2.16 bits per heavy atom. The minimum atomic E-state index is -1.14. The molecule has 0 saturated carbocycles. The molecule has 19 heavy (non-hydrogen) atoms. The SMILES string of the molecule is CC(C)n1c(Sc2cnc(C(=O)O)cn2)n[nH]c1=O. The lowest BCUT2D eigenvalue weighted by Gasteiger charge is -2.07. The summed E-state index contributed by atoms with van der Waals surface area (Å²) >= 11 is 1.14. The fourth-order valence-corrected chi connectivity index (χ4v) is 2.27. The Labute approximate surface area is 111 Å². The van der Waals surface area contributed by atoms with Crippen LogP contribution in [0.15, 0.2) is 27.4 Å². The van der Waals surface area contributed by atoms with Crippen molar-refractivity contribution in [3.05, 3.63) is 28.6 Å². The van der Waals surface area contributed by atoms with Gasteiger partial charge in [0.25, 0.3) is 0 Å². The van der Waals surface area contributed by atoms with Gasteiger partial charge in [-0.25, -0.2) is 24.7 Å². The number of aromatic amines is 1. The van der Waals surface area contributed by atoms with Crippen LogP contribution in [0, 0.1) is 0 Å². The molecule has 0 radical (unpaired) electrons. The lowest BCUT2D eigenvalue weighted by Crippen LogP contribution is -2.19.